The highest BCUT2D eigenvalue weighted by atomic mass is 14.9. The van der Waals surface area contributed by atoms with E-state index in [1.54, 1.807) is 0 Å². The first-order chi connectivity index (χ1) is 8.29. The maximum Gasteiger partial charge on any atom is 0.0208 e. The second-order valence-corrected chi connectivity index (χ2v) is 2.93. The molecule has 0 aromatic carbocycles. The van der Waals surface area contributed by atoms with Crippen LogP contribution in [0.25, 0.3) is 0 Å². The van der Waals surface area contributed by atoms with Gasteiger partial charge in [-0.05, 0) is 31.4 Å². The molecule has 1 N–H and O–H groups in total. The van der Waals surface area contributed by atoms with Gasteiger partial charge in [-0.1, -0.05) is 52.8 Å². The highest BCUT2D eigenvalue weighted by Crippen LogP contribution is 2.12. The Morgan fingerprint density at radius 2 is 1.29 bits per heavy atom. The molecule has 0 bridgehead atoms. The standard InChI is InChI=1S/C8H13N.C4H8.2C2H6/c1-3-7-5-9-6-8(7)4-2;1-3-4-2;2*1-2/h3-4,9H,5-6H2,1-2H3;3H,1,4H2,2H3;2*1-2H3/b7-3-,8-4-;;;. The zero-order chi connectivity index (χ0) is 14.1. The van der Waals surface area contributed by atoms with Crippen LogP contribution in [0.15, 0.2) is 36.0 Å². The molecule has 1 saturated heterocycles. The first-order valence-electron chi connectivity index (χ1n) is 6.92. The van der Waals surface area contributed by atoms with Gasteiger partial charge in [0.2, 0.25) is 0 Å². The molecule has 1 aliphatic rings. The predicted molar refractivity (Wildman–Crippen MR) is 83.6 cm³/mol. The van der Waals surface area contributed by atoms with Gasteiger partial charge in [-0.2, -0.15) is 0 Å². The lowest BCUT2D eigenvalue weighted by atomic mass is 10.1. The van der Waals surface area contributed by atoms with Crippen LogP contribution >= 0.6 is 0 Å². The van der Waals surface area contributed by atoms with Crippen molar-refractivity contribution >= 4 is 0 Å². The summed E-state index contributed by atoms with van der Waals surface area (Å²) in [6, 6.07) is 0. The number of nitrogens with one attached hydrogen (secondary N) is 1. The molecule has 0 atom stereocenters. The number of hydrogen-bond donors (Lipinski definition) is 1. The van der Waals surface area contributed by atoms with Crippen molar-refractivity contribution in [3.05, 3.63) is 36.0 Å². The van der Waals surface area contributed by atoms with Crippen LogP contribution in [0, 0.1) is 0 Å². The molecule has 0 saturated carbocycles. The maximum absolute atomic E-state index is 3.48. The molecule has 1 heterocycles. The molecule has 0 aromatic heterocycles. The third kappa shape index (κ3) is 13.1. The van der Waals surface area contributed by atoms with Crippen LogP contribution in [-0.4, -0.2) is 13.1 Å². The van der Waals surface area contributed by atoms with E-state index >= 15 is 0 Å². The van der Waals surface area contributed by atoms with Gasteiger partial charge < -0.3 is 5.32 Å². The molecule has 0 aliphatic carbocycles. The zero-order valence-corrected chi connectivity index (χ0v) is 13.1. The number of allylic oxidation sites excluding steroid dienone is 3. The van der Waals surface area contributed by atoms with E-state index in [-0.39, 0.29) is 0 Å². The second-order valence-electron chi connectivity index (χ2n) is 2.93. The third-order valence-corrected chi connectivity index (χ3v) is 2.03. The monoisotopic (exact) mass is 239 g/mol. The highest BCUT2D eigenvalue weighted by molar-refractivity contribution is 5.36. The Hall–Kier alpha value is -0.820. The molecule has 1 rings (SSSR count). The van der Waals surface area contributed by atoms with Gasteiger partial charge in [0, 0.05) is 13.1 Å². The van der Waals surface area contributed by atoms with Crippen molar-refractivity contribution in [2.45, 2.75) is 54.9 Å². The molecule has 1 nitrogen and oxygen atoms in total. The fourth-order valence-electron chi connectivity index (χ4n) is 1.13. The summed E-state index contributed by atoms with van der Waals surface area (Å²) in [4.78, 5) is 0. The lowest BCUT2D eigenvalue weighted by molar-refractivity contribution is 0.894. The van der Waals surface area contributed by atoms with E-state index < -0.39 is 0 Å². The summed E-state index contributed by atoms with van der Waals surface area (Å²) in [7, 11) is 0. The Labute approximate surface area is 110 Å². The Balaban J connectivity index is -0.000000208. The normalized spacial score (nSPS) is 17.1. The largest absolute Gasteiger partial charge is 0.309 e. The fraction of sp³-hybridized carbons (Fsp3) is 0.625. The Morgan fingerprint density at radius 1 is 1.00 bits per heavy atom. The topological polar surface area (TPSA) is 12.0 Å². The van der Waals surface area contributed by atoms with E-state index in [0.29, 0.717) is 0 Å². The molecule has 1 fully saturated rings. The minimum absolute atomic E-state index is 1.05. The van der Waals surface area contributed by atoms with Gasteiger partial charge in [-0.25, -0.2) is 0 Å². The van der Waals surface area contributed by atoms with Crippen LogP contribution in [0.5, 0.6) is 0 Å². The molecule has 102 valence electrons. The van der Waals surface area contributed by atoms with Crippen molar-refractivity contribution in [2.24, 2.45) is 0 Å². The highest BCUT2D eigenvalue weighted by Gasteiger charge is 2.08. The van der Waals surface area contributed by atoms with Crippen LogP contribution in [0.4, 0.5) is 0 Å². The van der Waals surface area contributed by atoms with Crippen molar-refractivity contribution in [1.29, 1.82) is 0 Å². The van der Waals surface area contributed by atoms with E-state index in [1.165, 1.54) is 11.1 Å². The van der Waals surface area contributed by atoms with Crippen molar-refractivity contribution in [3.63, 3.8) is 0 Å². The van der Waals surface area contributed by atoms with Gasteiger partial charge >= 0.3 is 0 Å². The molecule has 1 heteroatoms. The van der Waals surface area contributed by atoms with E-state index in [0.717, 1.165) is 19.5 Å². The summed E-state index contributed by atoms with van der Waals surface area (Å²) in [5.41, 5.74) is 2.91. The van der Waals surface area contributed by atoms with Crippen LogP contribution < -0.4 is 5.32 Å². The van der Waals surface area contributed by atoms with Crippen molar-refractivity contribution in [1.82, 2.24) is 5.32 Å². The van der Waals surface area contributed by atoms with Gasteiger partial charge in [0.1, 0.15) is 0 Å². The van der Waals surface area contributed by atoms with E-state index in [2.05, 4.69) is 44.8 Å². The van der Waals surface area contributed by atoms with E-state index in [1.807, 2.05) is 33.8 Å². The Kier molecular flexibility index (Phi) is 26.0. The molecule has 0 amide bonds. The smallest absolute Gasteiger partial charge is 0.0208 e. The van der Waals surface area contributed by atoms with Crippen LogP contribution in [0.3, 0.4) is 0 Å². The van der Waals surface area contributed by atoms with Crippen LogP contribution in [0.1, 0.15) is 54.9 Å². The van der Waals surface area contributed by atoms with Gasteiger partial charge in [0.15, 0.2) is 0 Å². The summed E-state index contributed by atoms with van der Waals surface area (Å²) in [6.45, 7) is 19.8. The predicted octanol–water partition coefficient (Wildman–Crippen LogP) is 5.12. The van der Waals surface area contributed by atoms with Gasteiger partial charge in [0.25, 0.3) is 0 Å². The lowest BCUT2D eigenvalue weighted by Crippen LogP contribution is -2.04. The van der Waals surface area contributed by atoms with Crippen molar-refractivity contribution in [3.8, 4) is 0 Å². The van der Waals surface area contributed by atoms with Gasteiger partial charge in [0.05, 0.1) is 0 Å². The SMILES string of the molecule is C/C=C1/CNC/C1=C/C.C=CCC.CC.CC. The number of hydrogen-bond acceptors (Lipinski definition) is 1. The van der Waals surface area contributed by atoms with Crippen LogP contribution in [-0.2, 0) is 0 Å². The van der Waals surface area contributed by atoms with Gasteiger partial charge in [-0.3, -0.25) is 0 Å². The summed E-state index contributed by atoms with van der Waals surface area (Å²) >= 11 is 0. The molecule has 0 unspecified atom stereocenters. The molecule has 1 aliphatic heterocycles. The quantitative estimate of drug-likeness (QED) is 0.626. The van der Waals surface area contributed by atoms with Crippen molar-refractivity contribution in [2.75, 3.05) is 13.1 Å². The summed E-state index contributed by atoms with van der Waals surface area (Å²) < 4.78 is 0. The average Bonchev–Trinajstić information content (AvgIpc) is 2.91. The van der Waals surface area contributed by atoms with Gasteiger partial charge in [-0.15, -0.1) is 6.58 Å². The zero-order valence-electron chi connectivity index (χ0n) is 13.1. The Bertz CT molecular complexity index is 182. The lowest BCUT2D eigenvalue weighted by Gasteiger charge is -1.93. The molecular weight excluding hydrogens is 206 g/mol. The molecule has 0 spiro atoms. The first-order valence-corrected chi connectivity index (χ1v) is 6.92. The Morgan fingerprint density at radius 3 is 1.47 bits per heavy atom. The van der Waals surface area contributed by atoms with E-state index in [9.17, 15) is 0 Å². The summed E-state index contributed by atoms with van der Waals surface area (Å²) in [5, 5.41) is 3.29. The summed E-state index contributed by atoms with van der Waals surface area (Å²) in [6.07, 6.45) is 7.31. The number of rotatable bonds is 1. The molecule has 0 aromatic rings. The van der Waals surface area contributed by atoms with E-state index in [4.69, 9.17) is 0 Å². The second kappa shape index (κ2) is 20.6. The first kappa shape index (κ1) is 21.5. The molecule has 17 heavy (non-hydrogen) atoms. The minimum atomic E-state index is 1.05. The summed E-state index contributed by atoms with van der Waals surface area (Å²) in [5.74, 6) is 0. The minimum Gasteiger partial charge on any atom is -0.309 e. The molecular formula is C16H33N. The average molecular weight is 239 g/mol. The van der Waals surface area contributed by atoms with Crippen LogP contribution in [0.2, 0.25) is 0 Å². The maximum atomic E-state index is 3.48. The van der Waals surface area contributed by atoms with Crippen molar-refractivity contribution < 1.29 is 0 Å². The molecule has 0 radical (unpaired) electrons. The fourth-order valence-corrected chi connectivity index (χ4v) is 1.13. The third-order valence-electron chi connectivity index (χ3n) is 2.03.